The summed E-state index contributed by atoms with van der Waals surface area (Å²) in [6, 6.07) is 0. The van der Waals surface area contributed by atoms with Crippen LogP contribution in [0.25, 0.3) is 0 Å². The molecule has 0 aliphatic rings. The van der Waals surface area contributed by atoms with Gasteiger partial charge in [-0.25, -0.2) is 0 Å². The van der Waals surface area contributed by atoms with Crippen LogP contribution in [0.2, 0.25) is 0 Å². The fourth-order valence-electron chi connectivity index (χ4n) is 0.898. The molecule has 2 nitrogen and oxygen atoms in total. The van der Waals surface area contributed by atoms with E-state index in [2.05, 4.69) is 6.92 Å². The van der Waals surface area contributed by atoms with Crippen LogP contribution in [0.15, 0.2) is 0 Å². The van der Waals surface area contributed by atoms with E-state index in [4.69, 9.17) is 10.2 Å². The Labute approximate surface area is 62.9 Å². The largest absolute Gasteiger partial charge is 0.394 e. The van der Waals surface area contributed by atoms with Crippen LogP contribution in [0.4, 0.5) is 0 Å². The lowest BCUT2D eigenvalue weighted by molar-refractivity contribution is 0.0496. The Hall–Kier alpha value is -0.0800. The number of hydrogen-bond donors (Lipinski definition) is 2. The number of unbranched alkanes of at least 4 members (excludes halogenated alkanes) is 1. The Morgan fingerprint density at radius 3 is 2.40 bits per heavy atom. The molecule has 0 amide bonds. The molecule has 2 heteroatoms. The summed E-state index contributed by atoms with van der Waals surface area (Å²) in [4.78, 5) is 0. The van der Waals surface area contributed by atoms with Crippen molar-refractivity contribution in [3.63, 3.8) is 0 Å². The minimum Gasteiger partial charge on any atom is -0.394 e. The van der Waals surface area contributed by atoms with Crippen LogP contribution in [0.5, 0.6) is 0 Å². The predicted molar refractivity (Wildman–Crippen MR) is 41.8 cm³/mol. The fourth-order valence-corrected chi connectivity index (χ4v) is 0.898. The van der Waals surface area contributed by atoms with Crippen LogP contribution in [-0.4, -0.2) is 22.9 Å². The third-order valence-electron chi connectivity index (χ3n) is 1.86. The highest BCUT2D eigenvalue weighted by atomic mass is 16.3. The van der Waals surface area contributed by atoms with Gasteiger partial charge in [-0.1, -0.05) is 26.7 Å². The number of rotatable bonds is 5. The molecule has 0 aromatic carbocycles. The summed E-state index contributed by atoms with van der Waals surface area (Å²) >= 11 is 0. The minimum absolute atomic E-state index is 0.106. The fraction of sp³-hybridized carbons (Fsp3) is 1.00. The second-order valence-corrected chi connectivity index (χ2v) is 2.87. The molecule has 0 aliphatic heterocycles. The molecule has 0 rings (SSSR count). The van der Waals surface area contributed by atoms with Crippen molar-refractivity contribution in [1.29, 1.82) is 0 Å². The van der Waals surface area contributed by atoms with E-state index < -0.39 is 6.10 Å². The number of hydrogen-bond acceptors (Lipinski definition) is 2. The standard InChI is InChI=1S/C8H18O2/c1-3-4-5-7(2)8(10)6-9/h7-10H,3-6H2,1-2H3/t7-,8+/m0/s1. The molecule has 0 fully saturated rings. The maximum atomic E-state index is 9.10. The van der Waals surface area contributed by atoms with Gasteiger partial charge in [-0.15, -0.1) is 0 Å². The van der Waals surface area contributed by atoms with Gasteiger partial charge >= 0.3 is 0 Å². The lowest BCUT2D eigenvalue weighted by Crippen LogP contribution is -2.21. The first kappa shape index (κ1) is 9.92. The van der Waals surface area contributed by atoms with Gasteiger partial charge < -0.3 is 10.2 Å². The third-order valence-corrected chi connectivity index (χ3v) is 1.86. The van der Waals surface area contributed by atoms with Crippen molar-refractivity contribution in [3.05, 3.63) is 0 Å². The van der Waals surface area contributed by atoms with Gasteiger partial charge in [-0.2, -0.15) is 0 Å². The van der Waals surface area contributed by atoms with Gasteiger partial charge in [-0.3, -0.25) is 0 Å². The first-order chi connectivity index (χ1) is 4.72. The molecule has 0 radical (unpaired) electrons. The van der Waals surface area contributed by atoms with Gasteiger partial charge in [0.25, 0.3) is 0 Å². The summed E-state index contributed by atoms with van der Waals surface area (Å²) in [5.74, 6) is 0.241. The molecule has 0 aromatic heterocycles. The summed E-state index contributed by atoms with van der Waals surface area (Å²) in [5.41, 5.74) is 0. The van der Waals surface area contributed by atoms with Crippen molar-refractivity contribution >= 4 is 0 Å². The Balaban J connectivity index is 3.31. The zero-order valence-corrected chi connectivity index (χ0v) is 6.88. The Bertz CT molecular complexity index is 73.7. The average Bonchev–Trinajstić information content (AvgIpc) is 1.98. The zero-order valence-electron chi connectivity index (χ0n) is 6.88. The van der Waals surface area contributed by atoms with Gasteiger partial charge in [0, 0.05) is 0 Å². The second kappa shape index (κ2) is 5.69. The lowest BCUT2D eigenvalue weighted by Gasteiger charge is -2.15. The van der Waals surface area contributed by atoms with E-state index >= 15 is 0 Å². The Morgan fingerprint density at radius 2 is 2.00 bits per heavy atom. The molecule has 0 bridgehead atoms. The van der Waals surface area contributed by atoms with E-state index in [0.29, 0.717) is 0 Å². The maximum absolute atomic E-state index is 9.10. The van der Waals surface area contributed by atoms with Crippen LogP contribution in [0.1, 0.15) is 33.1 Å². The number of aliphatic hydroxyl groups is 2. The molecular formula is C8H18O2. The van der Waals surface area contributed by atoms with Gasteiger partial charge in [0.2, 0.25) is 0 Å². The lowest BCUT2D eigenvalue weighted by atomic mass is 9.99. The molecule has 0 aliphatic carbocycles. The van der Waals surface area contributed by atoms with Crippen molar-refractivity contribution in [2.75, 3.05) is 6.61 Å². The van der Waals surface area contributed by atoms with Gasteiger partial charge in [0.1, 0.15) is 0 Å². The van der Waals surface area contributed by atoms with E-state index in [-0.39, 0.29) is 12.5 Å². The molecule has 0 heterocycles. The maximum Gasteiger partial charge on any atom is 0.0796 e. The molecule has 0 saturated heterocycles. The van der Waals surface area contributed by atoms with Crippen molar-refractivity contribution in [1.82, 2.24) is 0 Å². The molecular weight excluding hydrogens is 128 g/mol. The van der Waals surface area contributed by atoms with E-state index in [1.807, 2.05) is 6.92 Å². The van der Waals surface area contributed by atoms with Crippen molar-refractivity contribution < 1.29 is 10.2 Å². The zero-order chi connectivity index (χ0) is 7.98. The van der Waals surface area contributed by atoms with Crippen LogP contribution >= 0.6 is 0 Å². The second-order valence-electron chi connectivity index (χ2n) is 2.87. The highest BCUT2D eigenvalue weighted by Gasteiger charge is 2.11. The molecule has 2 N–H and O–H groups in total. The van der Waals surface area contributed by atoms with Crippen LogP contribution in [-0.2, 0) is 0 Å². The van der Waals surface area contributed by atoms with E-state index in [9.17, 15) is 0 Å². The highest BCUT2D eigenvalue weighted by molar-refractivity contribution is 4.62. The molecule has 10 heavy (non-hydrogen) atoms. The van der Waals surface area contributed by atoms with E-state index in [0.717, 1.165) is 19.3 Å². The molecule has 0 aromatic rings. The first-order valence-corrected chi connectivity index (χ1v) is 4.01. The quantitative estimate of drug-likeness (QED) is 0.611. The first-order valence-electron chi connectivity index (χ1n) is 4.01. The van der Waals surface area contributed by atoms with Gasteiger partial charge in [0.05, 0.1) is 12.7 Å². The SMILES string of the molecule is CCCC[C@H](C)[C@H](O)CO. The van der Waals surface area contributed by atoms with Gasteiger partial charge in [0.15, 0.2) is 0 Å². The molecule has 62 valence electrons. The Morgan fingerprint density at radius 1 is 1.40 bits per heavy atom. The topological polar surface area (TPSA) is 40.5 Å². The van der Waals surface area contributed by atoms with Crippen molar-refractivity contribution in [2.45, 2.75) is 39.2 Å². The minimum atomic E-state index is -0.522. The average molecular weight is 146 g/mol. The van der Waals surface area contributed by atoms with Gasteiger partial charge in [-0.05, 0) is 12.3 Å². The summed E-state index contributed by atoms with van der Waals surface area (Å²) in [6.45, 7) is 3.99. The summed E-state index contributed by atoms with van der Waals surface area (Å²) in [6.07, 6.45) is 2.78. The smallest absolute Gasteiger partial charge is 0.0796 e. The third kappa shape index (κ3) is 3.85. The summed E-state index contributed by atoms with van der Waals surface area (Å²) in [7, 11) is 0. The normalized spacial score (nSPS) is 16.8. The molecule has 0 saturated carbocycles. The summed E-state index contributed by atoms with van der Waals surface area (Å²) < 4.78 is 0. The van der Waals surface area contributed by atoms with Crippen molar-refractivity contribution in [2.24, 2.45) is 5.92 Å². The predicted octanol–water partition coefficient (Wildman–Crippen LogP) is 1.17. The highest BCUT2D eigenvalue weighted by Crippen LogP contribution is 2.11. The van der Waals surface area contributed by atoms with Crippen LogP contribution < -0.4 is 0 Å². The monoisotopic (exact) mass is 146 g/mol. The Kier molecular flexibility index (Phi) is 5.64. The summed E-state index contributed by atoms with van der Waals surface area (Å²) in [5, 5.41) is 17.7. The van der Waals surface area contributed by atoms with Crippen LogP contribution in [0.3, 0.4) is 0 Å². The van der Waals surface area contributed by atoms with E-state index in [1.54, 1.807) is 0 Å². The van der Waals surface area contributed by atoms with Crippen LogP contribution in [0, 0.1) is 5.92 Å². The molecule has 0 unspecified atom stereocenters. The van der Waals surface area contributed by atoms with E-state index in [1.165, 1.54) is 0 Å². The van der Waals surface area contributed by atoms with Crippen molar-refractivity contribution in [3.8, 4) is 0 Å². The molecule has 0 spiro atoms. The molecule has 2 atom stereocenters. The number of aliphatic hydroxyl groups excluding tert-OH is 2.